The van der Waals surface area contributed by atoms with Crippen molar-refractivity contribution in [1.82, 2.24) is 10.3 Å². The second-order valence-electron chi connectivity index (χ2n) is 4.30. The van der Waals surface area contributed by atoms with Gasteiger partial charge in [0.2, 0.25) is 0 Å². The van der Waals surface area contributed by atoms with Gasteiger partial charge in [-0.1, -0.05) is 19.1 Å². The molecule has 0 atom stereocenters. The van der Waals surface area contributed by atoms with Crippen LogP contribution < -0.4 is 10.1 Å². The summed E-state index contributed by atoms with van der Waals surface area (Å²) in [5.74, 6) is -0.175. The number of aromatic nitrogens is 1. The highest BCUT2D eigenvalue weighted by Gasteiger charge is 2.34. The first-order chi connectivity index (χ1) is 10.0. The molecule has 1 aromatic carbocycles. The summed E-state index contributed by atoms with van der Waals surface area (Å²) in [5, 5.41) is 5.82. The average Bonchev–Trinajstić information content (AvgIpc) is 2.90. The fourth-order valence-corrected chi connectivity index (χ4v) is 2.45. The lowest BCUT2D eigenvalue weighted by molar-refractivity contribution is -0.139. The first-order valence-electron chi connectivity index (χ1n) is 6.43. The van der Waals surface area contributed by atoms with Crippen LogP contribution in [-0.4, -0.2) is 11.5 Å². The molecule has 7 heteroatoms. The van der Waals surface area contributed by atoms with Crippen molar-refractivity contribution < 1.29 is 17.9 Å². The minimum Gasteiger partial charge on any atom is -0.487 e. The van der Waals surface area contributed by atoms with E-state index in [1.165, 1.54) is 29.5 Å². The molecule has 0 aliphatic heterocycles. The zero-order valence-electron chi connectivity index (χ0n) is 11.4. The Bertz CT molecular complexity index is 584. The first-order valence-corrected chi connectivity index (χ1v) is 7.31. The predicted molar refractivity (Wildman–Crippen MR) is 75.3 cm³/mol. The van der Waals surface area contributed by atoms with Crippen molar-refractivity contribution in [3.05, 3.63) is 45.9 Å². The molecule has 0 bridgehead atoms. The van der Waals surface area contributed by atoms with E-state index in [-0.39, 0.29) is 12.4 Å². The first kappa shape index (κ1) is 15.8. The lowest BCUT2D eigenvalue weighted by Gasteiger charge is -2.12. The van der Waals surface area contributed by atoms with Gasteiger partial charge in [-0.2, -0.15) is 13.2 Å². The Labute approximate surface area is 124 Å². The summed E-state index contributed by atoms with van der Waals surface area (Å²) in [7, 11) is 0. The zero-order valence-corrected chi connectivity index (χ0v) is 12.2. The molecule has 2 aromatic rings. The third-order valence-electron chi connectivity index (χ3n) is 2.69. The molecule has 0 aliphatic rings. The van der Waals surface area contributed by atoms with Gasteiger partial charge in [-0.3, -0.25) is 0 Å². The highest BCUT2D eigenvalue weighted by atomic mass is 32.1. The summed E-state index contributed by atoms with van der Waals surface area (Å²) in [6.07, 6.45) is -4.42. The van der Waals surface area contributed by atoms with Gasteiger partial charge in [-0.05, 0) is 18.7 Å². The number of hydrogen-bond donors (Lipinski definition) is 1. The smallest absolute Gasteiger partial charge is 0.419 e. The van der Waals surface area contributed by atoms with Gasteiger partial charge < -0.3 is 10.1 Å². The monoisotopic (exact) mass is 316 g/mol. The molecule has 114 valence electrons. The summed E-state index contributed by atoms with van der Waals surface area (Å²) in [6.45, 7) is 3.51. The normalized spacial score (nSPS) is 11.6. The molecule has 21 heavy (non-hydrogen) atoms. The molecule has 0 fully saturated rings. The number of thiazole rings is 1. The average molecular weight is 316 g/mol. The molecule has 3 nitrogen and oxygen atoms in total. The van der Waals surface area contributed by atoms with Crippen LogP contribution in [0.2, 0.25) is 0 Å². The van der Waals surface area contributed by atoms with Crippen molar-refractivity contribution >= 4 is 11.3 Å². The molecular weight excluding hydrogens is 301 g/mol. The summed E-state index contributed by atoms with van der Waals surface area (Å²) in [4.78, 5) is 4.30. The number of halogens is 3. The SMILES string of the molecule is CCNCc1nc(COc2ccccc2C(F)(F)F)cs1. The Morgan fingerprint density at radius 1 is 1.29 bits per heavy atom. The van der Waals surface area contributed by atoms with Gasteiger partial charge in [0.15, 0.2) is 0 Å². The summed E-state index contributed by atoms with van der Waals surface area (Å²) in [6, 6.07) is 5.18. The number of nitrogens with zero attached hydrogens (tertiary/aromatic N) is 1. The minimum atomic E-state index is -4.42. The Balaban J connectivity index is 2.02. The summed E-state index contributed by atoms with van der Waals surface area (Å²) < 4.78 is 43.7. The molecule has 1 heterocycles. The molecule has 0 unspecified atom stereocenters. The van der Waals surface area contributed by atoms with Crippen LogP contribution in [0.1, 0.15) is 23.2 Å². The molecule has 0 spiro atoms. The topological polar surface area (TPSA) is 34.2 Å². The minimum absolute atomic E-state index is 0.0235. The third-order valence-corrected chi connectivity index (χ3v) is 3.59. The van der Waals surface area contributed by atoms with E-state index in [4.69, 9.17) is 4.74 Å². The van der Waals surface area contributed by atoms with Crippen molar-refractivity contribution in [2.24, 2.45) is 0 Å². The van der Waals surface area contributed by atoms with E-state index in [1.54, 1.807) is 5.38 Å². The van der Waals surface area contributed by atoms with Gasteiger partial charge in [0.25, 0.3) is 0 Å². The van der Waals surface area contributed by atoms with E-state index < -0.39 is 11.7 Å². The predicted octanol–water partition coefficient (Wildman–Crippen LogP) is 3.85. The second kappa shape index (κ2) is 6.91. The van der Waals surface area contributed by atoms with E-state index in [0.717, 1.165) is 17.6 Å². The molecule has 1 aromatic heterocycles. The van der Waals surface area contributed by atoms with Crippen molar-refractivity contribution in [2.45, 2.75) is 26.3 Å². The maximum absolute atomic E-state index is 12.8. The van der Waals surface area contributed by atoms with Gasteiger partial charge in [0.1, 0.15) is 17.4 Å². The quantitative estimate of drug-likeness (QED) is 0.879. The van der Waals surface area contributed by atoms with Crippen LogP contribution >= 0.6 is 11.3 Å². The van der Waals surface area contributed by atoms with Gasteiger partial charge in [0, 0.05) is 11.9 Å². The second-order valence-corrected chi connectivity index (χ2v) is 5.24. The van der Waals surface area contributed by atoms with Crippen LogP contribution in [-0.2, 0) is 19.3 Å². The number of para-hydroxylation sites is 1. The van der Waals surface area contributed by atoms with Crippen molar-refractivity contribution in [2.75, 3.05) is 6.54 Å². The molecule has 0 radical (unpaired) electrons. The van der Waals surface area contributed by atoms with Crippen LogP contribution in [0, 0.1) is 0 Å². The zero-order chi connectivity index (χ0) is 15.3. The molecule has 0 aliphatic carbocycles. The number of rotatable bonds is 6. The molecule has 0 saturated carbocycles. The van der Waals surface area contributed by atoms with E-state index in [1.807, 2.05) is 6.92 Å². The van der Waals surface area contributed by atoms with Crippen LogP contribution in [0.5, 0.6) is 5.75 Å². The van der Waals surface area contributed by atoms with Gasteiger partial charge in [-0.15, -0.1) is 11.3 Å². The number of nitrogens with one attached hydrogen (secondary N) is 1. The van der Waals surface area contributed by atoms with Crippen LogP contribution in [0.25, 0.3) is 0 Å². The number of ether oxygens (including phenoxy) is 1. The van der Waals surface area contributed by atoms with Crippen LogP contribution in [0.4, 0.5) is 13.2 Å². The Hall–Kier alpha value is -1.60. The highest BCUT2D eigenvalue weighted by Crippen LogP contribution is 2.36. The molecule has 0 amide bonds. The fraction of sp³-hybridized carbons (Fsp3) is 0.357. The maximum atomic E-state index is 12.8. The number of benzene rings is 1. The largest absolute Gasteiger partial charge is 0.487 e. The fourth-order valence-electron chi connectivity index (χ4n) is 1.71. The van der Waals surface area contributed by atoms with Gasteiger partial charge >= 0.3 is 6.18 Å². The van der Waals surface area contributed by atoms with E-state index in [2.05, 4.69) is 10.3 Å². The molecule has 0 saturated heterocycles. The maximum Gasteiger partial charge on any atom is 0.419 e. The Kier molecular flexibility index (Phi) is 5.19. The third kappa shape index (κ3) is 4.44. The lowest BCUT2D eigenvalue weighted by Crippen LogP contribution is -2.11. The van der Waals surface area contributed by atoms with Crippen molar-refractivity contribution in [3.63, 3.8) is 0 Å². The molecule has 1 N–H and O–H groups in total. The van der Waals surface area contributed by atoms with Crippen LogP contribution in [0.3, 0.4) is 0 Å². The van der Waals surface area contributed by atoms with Crippen LogP contribution in [0.15, 0.2) is 29.6 Å². The van der Waals surface area contributed by atoms with Gasteiger partial charge in [0.05, 0.1) is 11.3 Å². The lowest BCUT2D eigenvalue weighted by atomic mass is 10.2. The highest BCUT2D eigenvalue weighted by molar-refractivity contribution is 7.09. The Morgan fingerprint density at radius 2 is 2.05 bits per heavy atom. The van der Waals surface area contributed by atoms with E-state index in [9.17, 15) is 13.2 Å². The number of hydrogen-bond acceptors (Lipinski definition) is 4. The number of alkyl halides is 3. The van der Waals surface area contributed by atoms with E-state index in [0.29, 0.717) is 12.2 Å². The molecular formula is C14H15F3N2OS. The summed E-state index contributed by atoms with van der Waals surface area (Å²) >= 11 is 1.46. The standard InChI is InChI=1S/C14H15F3N2OS/c1-2-18-7-13-19-10(9-21-13)8-20-12-6-4-3-5-11(12)14(15,16)17/h3-6,9,18H,2,7-8H2,1H3. The van der Waals surface area contributed by atoms with Crippen molar-refractivity contribution in [1.29, 1.82) is 0 Å². The van der Waals surface area contributed by atoms with Gasteiger partial charge in [-0.25, -0.2) is 4.98 Å². The van der Waals surface area contributed by atoms with Crippen molar-refractivity contribution in [3.8, 4) is 5.75 Å². The molecule has 2 rings (SSSR count). The summed E-state index contributed by atoms with van der Waals surface area (Å²) in [5.41, 5.74) is -0.141. The van der Waals surface area contributed by atoms with E-state index >= 15 is 0 Å². The Morgan fingerprint density at radius 3 is 2.76 bits per heavy atom.